The zero-order chi connectivity index (χ0) is 22.8. The predicted octanol–water partition coefficient (Wildman–Crippen LogP) is 5.84. The van der Waals surface area contributed by atoms with Gasteiger partial charge in [0.25, 0.3) is 0 Å². The van der Waals surface area contributed by atoms with Gasteiger partial charge in [-0.25, -0.2) is 4.98 Å². The molecular formula is C24H23ClN4O2S. The van der Waals surface area contributed by atoms with Crippen LogP contribution < -0.4 is 0 Å². The molecule has 32 heavy (non-hydrogen) atoms. The number of thioether (sulfide) groups is 1. The lowest BCUT2D eigenvalue weighted by Crippen LogP contribution is -2.07. The number of aromatic nitrogens is 4. The Balaban J connectivity index is 1.64. The van der Waals surface area contributed by atoms with Crippen molar-refractivity contribution in [1.29, 1.82) is 0 Å². The van der Waals surface area contributed by atoms with Gasteiger partial charge in [0.15, 0.2) is 11.0 Å². The molecule has 164 valence electrons. The van der Waals surface area contributed by atoms with Gasteiger partial charge in [0.1, 0.15) is 5.15 Å². The predicted molar refractivity (Wildman–Crippen MR) is 128 cm³/mol. The summed E-state index contributed by atoms with van der Waals surface area (Å²) in [4.78, 5) is 15.8. The molecule has 0 spiro atoms. The van der Waals surface area contributed by atoms with Gasteiger partial charge < -0.3 is 9.67 Å². The van der Waals surface area contributed by atoms with E-state index in [0.29, 0.717) is 21.9 Å². The second kappa shape index (κ2) is 9.30. The van der Waals surface area contributed by atoms with Crippen LogP contribution in [0, 0.1) is 20.8 Å². The first kappa shape index (κ1) is 22.3. The van der Waals surface area contributed by atoms with E-state index in [-0.39, 0.29) is 13.0 Å². The summed E-state index contributed by atoms with van der Waals surface area (Å²) in [6.07, 6.45) is -0.0125. The molecule has 2 aromatic heterocycles. The molecule has 1 N–H and O–H groups in total. The zero-order valence-corrected chi connectivity index (χ0v) is 19.7. The van der Waals surface area contributed by atoms with Crippen molar-refractivity contribution >= 4 is 40.2 Å². The lowest BCUT2D eigenvalue weighted by atomic mass is 10.0. The van der Waals surface area contributed by atoms with Crippen LogP contribution in [0.2, 0.25) is 5.15 Å². The van der Waals surface area contributed by atoms with Crippen LogP contribution in [-0.4, -0.2) is 30.8 Å². The summed E-state index contributed by atoms with van der Waals surface area (Å²) >= 11 is 7.98. The van der Waals surface area contributed by atoms with Gasteiger partial charge in [-0.05, 0) is 38.0 Å². The number of hydrogen-bond donors (Lipinski definition) is 1. The van der Waals surface area contributed by atoms with E-state index in [4.69, 9.17) is 11.6 Å². The highest BCUT2D eigenvalue weighted by Crippen LogP contribution is 2.31. The van der Waals surface area contributed by atoms with Crippen molar-refractivity contribution in [2.24, 2.45) is 0 Å². The summed E-state index contributed by atoms with van der Waals surface area (Å²) in [5.74, 6) is 0.341. The number of nitrogens with zero attached hydrogens (tertiary/aromatic N) is 4. The fourth-order valence-corrected chi connectivity index (χ4v) is 4.69. The van der Waals surface area contributed by atoms with Gasteiger partial charge in [-0.3, -0.25) is 4.79 Å². The van der Waals surface area contributed by atoms with E-state index in [1.54, 1.807) is 0 Å². The molecule has 0 radical (unpaired) electrons. The summed E-state index contributed by atoms with van der Waals surface area (Å²) in [6, 6.07) is 14.1. The summed E-state index contributed by atoms with van der Waals surface area (Å²) < 4.78 is 1.86. The van der Waals surface area contributed by atoms with Crippen LogP contribution in [0.4, 0.5) is 0 Å². The van der Waals surface area contributed by atoms with Gasteiger partial charge in [-0.15, -0.1) is 10.2 Å². The molecule has 0 aliphatic heterocycles. The van der Waals surface area contributed by atoms with Gasteiger partial charge in [0.05, 0.1) is 11.9 Å². The third-order valence-electron chi connectivity index (χ3n) is 5.47. The summed E-state index contributed by atoms with van der Waals surface area (Å²) in [7, 11) is 0. The van der Waals surface area contributed by atoms with Gasteiger partial charge >= 0.3 is 5.97 Å². The molecular weight excluding hydrogens is 444 g/mol. The zero-order valence-electron chi connectivity index (χ0n) is 18.1. The molecule has 0 amide bonds. The topological polar surface area (TPSA) is 80.9 Å². The number of hydrogen-bond acceptors (Lipinski definition) is 5. The Kier molecular flexibility index (Phi) is 6.48. The number of aryl methyl sites for hydroxylation is 3. The van der Waals surface area contributed by atoms with Crippen LogP contribution in [0.25, 0.3) is 22.3 Å². The Morgan fingerprint density at radius 1 is 1.09 bits per heavy atom. The first-order valence-electron chi connectivity index (χ1n) is 10.2. The minimum atomic E-state index is -0.864. The van der Waals surface area contributed by atoms with Crippen molar-refractivity contribution in [3.8, 4) is 11.4 Å². The Hall–Kier alpha value is -2.90. The van der Waals surface area contributed by atoms with Crippen LogP contribution in [0.15, 0.2) is 47.6 Å². The first-order valence-corrected chi connectivity index (χ1v) is 11.6. The Morgan fingerprint density at radius 3 is 2.56 bits per heavy atom. The minimum Gasteiger partial charge on any atom is -0.481 e. The average molecular weight is 467 g/mol. The number of rotatable bonds is 7. The molecule has 8 heteroatoms. The molecule has 4 rings (SSSR count). The number of fused-ring (bicyclic) bond motifs is 1. The normalized spacial score (nSPS) is 11.2. The van der Waals surface area contributed by atoms with Crippen molar-refractivity contribution in [3.05, 3.63) is 69.9 Å². The van der Waals surface area contributed by atoms with Gasteiger partial charge in [0, 0.05) is 28.8 Å². The van der Waals surface area contributed by atoms with Crippen molar-refractivity contribution in [2.45, 2.75) is 44.6 Å². The van der Waals surface area contributed by atoms with Crippen molar-refractivity contribution in [1.82, 2.24) is 19.7 Å². The largest absolute Gasteiger partial charge is 0.481 e. The van der Waals surface area contributed by atoms with Crippen molar-refractivity contribution < 1.29 is 9.90 Å². The van der Waals surface area contributed by atoms with E-state index in [1.165, 1.54) is 17.3 Å². The minimum absolute atomic E-state index is 0.0125. The quantitative estimate of drug-likeness (QED) is 0.272. The van der Waals surface area contributed by atoms with E-state index in [9.17, 15) is 9.90 Å². The van der Waals surface area contributed by atoms with E-state index < -0.39 is 5.97 Å². The molecule has 0 saturated carbocycles. The molecule has 0 atom stereocenters. The molecule has 2 heterocycles. The Labute approximate surface area is 195 Å². The van der Waals surface area contributed by atoms with Crippen LogP contribution in [-0.2, 0) is 17.1 Å². The SMILES string of the molecule is Cc1ccc(-c2nnc(SCc3cc4ccc(C)c(C)c4nc3Cl)n2CCC(=O)O)cc1. The lowest BCUT2D eigenvalue weighted by molar-refractivity contribution is -0.137. The number of carboxylic acids is 1. The molecule has 0 saturated heterocycles. The molecule has 0 aliphatic carbocycles. The highest BCUT2D eigenvalue weighted by molar-refractivity contribution is 7.98. The van der Waals surface area contributed by atoms with Crippen molar-refractivity contribution in [2.75, 3.05) is 0 Å². The van der Waals surface area contributed by atoms with Crippen molar-refractivity contribution in [3.63, 3.8) is 0 Å². The number of benzene rings is 2. The Morgan fingerprint density at radius 2 is 1.84 bits per heavy atom. The molecule has 0 unspecified atom stereocenters. The standard InChI is InChI=1S/C24H23ClN4O2S/c1-14-4-7-17(8-5-14)23-27-28-24(29(23)11-10-20(30)31)32-13-19-12-18-9-6-15(2)16(3)21(18)26-22(19)25/h4-9,12H,10-11,13H2,1-3H3,(H,30,31). The fourth-order valence-electron chi connectivity index (χ4n) is 3.47. The fraction of sp³-hybridized carbons (Fsp3) is 0.250. The van der Waals surface area contributed by atoms with Gasteiger partial charge in [-0.1, -0.05) is 65.3 Å². The highest BCUT2D eigenvalue weighted by atomic mass is 35.5. The maximum Gasteiger partial charge on any atom is 0.305 e. The number of pyridine rings is 1. The molecule has 6 nitrogen and oxygen atoms in total. The third-order valence-corrected chi connectivity index (χ3v) is 6.81. The van der Waals surface area contributed by atoms with Crippen LogP contribution in [0.3, 0.4) is 0 Å². The maximum absolute atomic E-state index is 11.2. The van der Waals surface area contributed by atoms with E-state index >= 15 is 0 Å². The number of aliphatic carboxylic acids is 1. The monoisotopic (exact) mass is 466 g/mol. The van der Waals surface area contributed by atoms with E-state index in [0.717, 1.165) is 33.2 Å². The van der Waals surface area contributed by atoms with E-state index in [2.05, 4.69) is 40.3 Å². The lowest BCUT2D eigenvalue weighted by Gasteiger charge is -2.11. The highest BCUT2D eigenvalue weighted by Gasteiger charge is 2.17. The number of carbonyl (C=O) groups is 1. The number of halogens is 1. The smallest absolute Gasteiger partial charge is 0.305 e. The van der Waals surface area contributed by atoms with E-state index in [1.807, 2.05) is 42.7 Å². The van der Waals surface area contributed by atoms with Gasteiger partial charge in [0.2, 0.25) is 0 Å². The Bertz CT molecular complexity index is 1300. The maximum atomic E-state index is 11.2. The van der Waals surface area contributed by atoms with Crippen LogP contribution in [0.5, 0.6) is 0 Å². The number of carboxylic acid groups (broad SMARTS) is 1. The molecule has 0 bridgehead atoms. The van der Waals surface area contributed by atoms with Crippen LogP contribution in [0.1, 0.15) is 28.7 Å². The summed E-state index contributed by atoms with van der Waals surface area (Å²) in [5, 5.41) is 20.1. The third kappa shape index (κ3) is 4.64. The first-order chi connectivity index (χ1) is 15.3. The molecule has 2 aromatic carbocycles. The second-order valence-corrected chi connectivity index (χ2v) is 9.07. The van der Waals surface area contributed by atoms with Gasteiger partial charge in [-0.2, -0.15) is 0 Å². The van der Waals surface area contributed by atoms with Crippen LogP contribution >= 0.6 is 23.4 Å². The summed E-state index contributed by atoms with van der Waals surface area (Å²) in [5.41, 5.74) is 6.16. The molecule has 0 aliphatic rings. The molecule has 0 fully saturated rings. The summed E-state index contributed by atoms with van der Waals surface area (Å²) in [6.45, 7) is 6.41. The second-order valence-electron chi connectivity index (χ2n) is 7.77. The molecule has 4 aromatic rings. The average Bonchev–Trinajstić information content (AvgIpc) is 3.17.